The van der Waals surface area contributed by atoms with Gasteiger partial charge in [0.15, 0.2) is 5.82 Å². The van der Waals surface area contributed by atoms with E-state index < -0.39 is 0 Å². The van der Waals surface area contributed by atoms with Crippen LogP contribution in [0.15, 0.2) is 30.3 Å². The Morgan fingerprint density at radius 1 is 1.46 bits per heavy atom. The van der Waals surface area contributed by atoms with E-state index in [4.69, 9.17) is 9.47 Å². The maximum absolute atomic E-state index is 12.2. The molecule has 0 radical (unpaired) electrons. The van der Waals surface area contributed by atoms with Crippen molar-refractivity contribution >= 4 is 22.6 Å². The quantitative estimate of drug-likeness (QED) is 0.737. The Morgan fingerprint density at radius 3 is 3.08 bits per heavy atom. The Morgan fingerprint density at radius 2 is 2.35 bits per heavy atom. The van der Waals surface area contributed by atoms with Crippen molar-refractivity contribution in [1.82, 2.24) is 14.8 Å². The first-order valence-electron chi connectivity index (χ1n) is 8.85. The van der Waals surface area contributed by atoms with E-state index in [2.05, 4.69) is 39.1 Å². The van der Waals surface area contributed by atoms with E-state index in [-0.39, 0.29) is 12.0 Å². The minimum Gasteiger partial charge on any atom is -0.496 e. The number of carbonyl (C=O) groups excluding carboxylic acids is 1. The molecule has 7 heteroatoms. The number of amides is 1. The number of H-pyrrole nitrogens is 1. The Hall–Kier alpha value is -2.80. The first-order valence-corrected chi connectivity index (χ1v) is 8.85. The van der Waals surface area contributed by atoms with Gasteiger partial charge in [-0.05, 0) is 38.0 Å². The summed E-state index contributed by atoms with van der Waals surface area (Å²) in [5.41, 5.74) is 2.94. The highest BCUT2D eigenvalue weighted by molar-refractivity contribution is 5.95. The molecule has 26 heavy (non-hydrogen) atoms. The number of hydrogen-bond acceptors (Lipinski definition) is 4. The van der Waals surface area contributed by atoms with Gasteiger partial charge in [0.25, 0.3) is 5.91 Å². The van der Waals surface area contributed by atoms with Gasteiger partial charge >= 0.3 is 0 Å². The van der Waals surface area contributed by atoms with Crippen LogP contribution in [0.3, 0.4) is 0 Å². The molecule has 1 aliphatic rings. The zero-order valence-corrected chi connectivity index (χ0v) is 14.9. The van der Waals surface area contributed by atoms with Crippen molar-refractivity contribution in [1.29, 1.82) is 0 Å². The standard InChI is InChI=1S/C19H22N4O3/c1-3-23-14-6-4-7-16(25-2)12(14)10-15(23)13-11-18(22-21-13)20-19(24)17-8-5-9-26-17/h4,6-7,10-11,17H,3,5,8-9H2,1-2H3,(H2,20,21,22,24)/t17-/m1/s1. The van der Waals surface area contributed by atoms with Gasteiger partial charge in [0.1, 0.15) is 11.9 Å². The highest BCUT2D eigenvalue weighted by Gasteiger charge is 2.24. The van der Waals surface area contributed by atoms with Crippen LogP contribution in [-0.2, 0) is 16.1 Å². The Kier molecular flexibility index (Phi) is 4.38. The Labute approximate surface area is 151 Å². The van der Waals surface area contributed by atoms with Gasteiger partial charge in [0.05, 0.1) is 24.0 Å². The molecule has 1 atom stereocenters. The van der Waals surface area contributed by atoms with Crippen molar-refractivity contribution in [2.24, 2.45) is 0 Å². The summed E-state index contributed by atoms with van der Waals surface area (Å²) >= 11 is 0. The van der Waals surface area contributed by atoms with Crippen molar-refractivity contribution in [3.8, 4) is 17.1 Å². The predicted molar refractivity (Wildman–Crippen MR) is 99.3 cm³/mol. The molecule has 0 aliphatic carbocycles. The number of methoxy groups -OCH3 is 1. The van der Waals surface area contributed by atoms with Crippen molar-refractivity contribution in [2.45, 2.75) is 32.4 Å². The molecule has 1 aromatic carbocycles. The second kappa shape index (κ2) is 6.84. The van der Waals surface area contributed by atoms with Crippen LogP contribution < -0.4 is 10.1 Å². The van der Waals surface area contributed by atoms with E-state index in [9.17, 15) is 4.79 Å². The third kappa shape index (κ3) is 2.84. The van der Waals surface area contributed by atoms with Gasteiger partial charge in [0, 0.05) is 24.6 Å². The Balaban J connectivity index is 1.65. The summed E-state index contributed by atoms with van der Waals surface area (Å²) in [6, 6.07) is 9.93. The lowest BCUT2D eigenvalue weighted by molar-refractivity contribution is -0.124. The molecule has 2 aromatic heterocycles. The molecule has 0 spiro atoms. The molecule has 0 bridgehead atoms. The highest BCUT2D eigenvalue weighted by Crippen LogP contribution is 2.33. The summed E-state index contributed by atoms with van der Waals surface area (Å²) in [4.78, 5) is 12.2. The number of rotatable bonds is 5. The third-order valence-corrected chi connectivity index (χ3v) is 4.77. The molecule has 1 saturated heterocycles. The fourth-order valence-corrected chi connectivity index (χ4v) is 3.51. The van der Waals surface area contributed by atoms with E-state index in [1.165, 1.54) is 0 Å². The average molecular weight is 354 g/mol. The van der Waals surface area contributed by atoms with Crippen molar-refractivity contribution in [2.75, 3.05) is 19.0 Å². The van der Waals surface area contributed by atoms with Crippen LogP contribution in [0.25, 0.3) is 22.3 Å². The number of ether oxygens (including phenoxy) is 2. The van der Waals surface area contributed by atoms with Crippen LogP contribution in [0, 0.1) is 0 Å². The lowest BCUT2D eigenvalue weighted by Gasteiger charge is -2.07. The number of nitrogens with zero attached hydrogens (tertiary/aromatic N) is 2. The summed E-state index contributed by atoms with van der Waals surface area (Å²) in [6.07, 6.45) is 1.30. The summed E-state index contributed by atoms with van der Waals surface area (Å²) in [7, 11) is 1.67. The number of aryl methyl sites for hydroxylation is 1. The maximum atomic E-state index is 12.2. The van der Waals surface area contributed by atoms with Crippen LogP contribution in [-0.4, -0.2) is 40.5 Å². The first kappa shape index (κ1) is 16.7. The van der Waals surface area contributed by atoms with Crippen LogP contribution in [0.4, 0.5) is 5.82 Å². The molecule has 1 amide bonds. The van der Waals surface area contributed by atoms with Crippen LogP contribution in [0.1, 0.15) is 19.8 Å². The minimum absolute atomic E-state index is 0.141. The molecular formula is C19H22N4O3. The molecule has 0 saturated carbocycles. The fraction of sp³-hybridized carbons (Fsp3) is 0.368. The molecule has 136 valence electrons. The molecule has 4 rings (SSSR count). The van der Waals surface area contributed by atoms with E-state index in [0.717, 1.165) is 47.4 Å². The largest absolute Gasteiger partial charge is 0.496 e. The van der Waals surface area contributed by atoms with Crippen LogP contribution in [0.2, 0.25) is 0 Å². The zero-order chi connectivity index (χ0) is 18.1. The van der Waals surface area contributed by atoms with Gasteiger partial charge in [0.2, 0.25) is 0 Å². The van der Waals surface area contributed by atoms with Gasteiger partial charge < -0.3 is 19.4 Å². The van der Waals surface area contributed by atoms with Gasteiger partial charge in [-0.15, -0.1) is 0 Å². The summed E-state index contributed by atoms with van der Waals surface area (Å²) in [5, 5.41) is 11.1. The zero-order valence-electron chi connectivity index (χ0n) is 14.9. The number of benzene rings is 1. The van der Waals surface area contributed by atoms with E-state index in [1.54, 1.807) is 7.11 Å². The van der Waals surface area contributed by atoms with Crippen LogP contribution in [0.5, 0.6) is 5.75 Å². The Bertz CT molecular complexity index is 938. The molecule has 3 heterocycles. The number of carbonyl (C=O) groups is 1. The topological polar surface area (TPSA) is 81.2 Å². The molecule has 1 aliphatic heterocycles. The number of hydrogen-bond donors (Lipinski definition) is 2. The lowest BCUT2D eigenvalue weighted by Crippen LogP contribution is -2.26. The SMILES string of the molecule is CCn1c(-c2cc(NC(=O)[C@H]3CCCO3)n[nH]2)cc2c(OC)cccc21. The molecular weight excluding hydrogens is 332 g/mol. The second-order valence-electron chi connectivity index (χ2n) is 6.32. The summed E-state index contributed by atoms with van der Waals surface area (Å²) < 4.78 is 13.1. The molecule has 1 fully saturated rings. The minimum atomic E-state index is -0.374. The van der Waals surface area contributed by atoms with Gasteiger partial charge in [-0.25, -0.2) is 0 Å². The smallest absolute Gasteiger partial charge is 0.254 e. The highest BCUT2D eigenvalue weighted by atomic mass is 16.5. The number of nitrogens with one attached hydrogen (secondary N) is 2. The maximum Gasteiger partial charge on any atom is 0.254 e. The summed E-state index contributed by atoms with van der Waals surface area (Å²) in [5.74, 6) is 1.20. The third-order valence-electron chi connectivity index (χ3n) is 4.77. The monoisotopic (exact) mass is 354 g/mol. The van der Waals surface area contributed by atoms with Crippen LogP contribution >= 0.6 is 0 Å². The van der Waals surface area contributed by atoms with E-state index in [0.29, 0.717) is 12.4 Å². The van der Waals surface area contributed by atoms with Crippen molar-refractivity contribution < 1.29 is 14.3 Å². The van der Waals surface area contributed by atoms with Gasteiger partial charge in [-0.1, -0.05) is 6.07 Å². The second-order valence-corrected chi connectivity index (χ2v) is 6.32. The van der Waals surface area contributed by atoms with Crippen molar-refractivity contribution in [3.05, 3.63) is 30.3 Å². The molecule has 2 N–H and O–H groups in total. The van der Waals surface area contributed by atoms with Crippen molar-refractivity contribution in [3.63, 3.8) is 0 Å². The fourth-order valence-electron chi connectivity index (χ4n) is 3.51. The average Bonchev–Trinajstić information content (AvgIpc) is 3.39. The number of aromatic nitrogens is 3. The first-order chi connectivity index (χ1) is 12.7. The van der Waals surface area contributed by atoms with Gasteiger partial charge in [-0.2, -0.15) is 5.10 Å². The molecule has 7 nitrogen and oxygen atoms in total. The molecule has 3 aromatic rings. The van der Waals surface area contributed by atoms with Gasteiger partial charge in [-0.3, -0.25) is 9.89 Å². The normalized spacial score (nSPS) is 16.9. The lowest BCUT2D eigenvalue weighted by atomic mass is 10.2. The number of aromatic amines is 1. The predicted octanol–water partition coefficient (Wildman–Crippen LogP) is 3.18. The molecule has 0 unspecified atom stereocenters. The number of fused-ring (bicyclic) bond motifs is 1. The van der Waals surface area contributed by atoms with E-state index >= 15 is 0 Å². The summed E-state index contributed by atoms with van der Waals surface area (Å²) in [6.45, 7) is 3.55. The van der Waals surface area contributed by atoms with E-state index in [1.807, 2.05) is 18.2 Å². The number of anilines is 1.